The van der Waals surface area contributed by atoms with E-state index in [1.807, 2.05) is 48.5 Å². The van der Waals surface area contributed by atoms with Crippen molar-refractivity contribution in [1.29, 1.82) is 0 Å². The molecule has 0 bridgehead atoms. The molecule has 29 heavy (non-hydrogen) atoms. The summed E-state index contributed by atoms with van der Waals surface area (Å²) < 4.78 is 5.25. The molecule has 0 saturated heterocycles. The highest BCUT2D eigenvalue weighted by molar-refractivity contribution is 6.01. The number of hydrogen-bond acceptors (Lipinski definition) is 5. The number of para-hydroxylation sites is 1. The fraction of sp³-hybridized carbons (Fsp3) is 0.318. The Morgan fingerprint density at radius 1 is 1.14 bits per heavy atom. The molecule has 1 fully saturated rings. The first-order valence-electron chi connectivity index (χ1n) is 9.72. The lowest BCUT2D eigenvalue weighted by atomic mass is 10.0. The lowest BCUT2D eigenvalue weighted by molar-refractivity contribution is -0.147. The van der Waals surface area contributed by atoms with Crippen molar-refractivity contribution in [2.45, 2.75) is 31.4 Å². The van der Waals surface area contributed by atoms with Crippen molar-refractivity contribution in [2.24, 2.45) is 11.1 Å². The summed E-state index contributed by atoms with van der Waals surface area (Å²) in [5.74, 6) is -0.641. The van der Waals surface area contributed by atoms with Crippen LogP contribution in [0.5, 0.6) is 0 Å². The van der Waals surface area contributed by atoms with Crippen LogP contribution in [0.3, 0.4) is 0 Å². The van der Waals surface area contributed by atoms with Gasteiger partial charge in [0.15, 0.2) is 0 Å². The van der Waals surface area contributed by atoms with Crippen LogP contribution in [0.2, 0.25) is 0 Å². The van der Waals surface area contributed by atoms with Gasteiger partial charge in [0.25, 0.3) is 0 Å². The van der Waals surface area contributed by atoms with Crippen molar-refractivity contribution in [3.8, 4) is 0 Å². The largest absolute Gasteiger partial charge is 0.464 e. The van der Waals surface area contributed by atoms with Gasteiger partial charge >= 0.3 is 12.0 Å². The third-order valence-corrected chi connectivity index (χ3v) is 5.27. The zero-order chi connectivity index (χ0) is 20.3. The summed E-state index contributed by atoms with van der Waals surface area (Å²) in [6.45, 7) is 1.99. The summed E-state index contributed by atoms with van der Waals surface area (Å²) in [5, 5.41) is 9.78. The monoisotopic (exact) mass is 393 g/mol. The Kier molecular flexibility index (Phi) is 5.20. The van der Waals surface area contributed by atoms with E-state index in [0.717, 1.165) is 11.3 Å². The Balaban J connectivity index is 1.44. The van der Waals surface area contributed by atoms with Crippen molar-refractivity contribution in [3.63, 3.8) is 0 Å². The number of amides is 2. The summed E-state index contributed by atoms with van der Waals surface area (Å²) in [4.78, 5) is 30.8. The van der Waals surface area contributed by atoms with Gasteiger partial charge in [0.2, 0.25) is 0 Å². The summed E-state index contributed by atoms with van der Waals surface area (Å²) in [6.07, 6.45) is 0.750. The Bertz CT molecular complexity index is 916. The molecule has 2 N–H and O–H groups in total. The molecule has 2 aliphatic rings. The van der Waals surface area contributed by atoms with Crippen LogP contribution in [-0.4, -0.2) is 36.0 Å². The summed E-state index contributed by atoms with van der Waals surface area (Å²) >= 11 is 0. The van der Waals surface area contributed by atoms with Crippen LogP contribution in [0.15, 0.2) is 65.8 Å². The first kappa shape index (κ1) is 19.0. The quantitative estimate of drug-likeness (QED) is 0.737. The number of ether oxygens (including phenoxy) is 1. The van der Waals surface area contributed by atoms with Gasteiger partial charge in [-0.25, -0.2) is 9.59 Å². The first-order valence-corrected chi connectivity index (χ1v) is 9.72. The molecule has 1 aliphatic heterocycles. The van der Waals surface area contributed by atoms with Gasteiger partial charge < -0.3 is 20.2 Å². The average molecular weight is 393 g/mol. The number of nitrogens with one attached hydrogen (secondary N) is 2. The molecule has 4 rings (SSSR count). The van der Waals surface area contributed by atoms with Gasteiger partial charge in [-0.2, -0.15) is 0 Å². The van der Waals surface area contributed by atoms with E-state index >= 15 is 0 Å². The minimum atomic E-state index is -1.10. The van der Waals surface area contributed by atoms with Crippen LogP contribution in [0.25, 0.3) is 0 Å². The Morgan fingerprint density at radius 3 is 2.52 bits per heavy atom. The molecule has 7 nitrogen and oxygen atoms in total. The molecular formula is C22H23N3O4. The van der Waals surface area contributed by atoms with Gasteiger partial charge in [-0.3, -0.25) is 0 Å². The maximum absolute atomic E-state index is 12.7. The second-order valence-electron chi connectivity index (χ2n) is 7.20. The van der Waals surface area contributed by atoms with Gasteiger partial charge in [-0.05, 0) is 31.0 Å². The molecular weight excluding hydrogens is 370 g/mol. The number of rotatable bonds is 6. The molecule has 2 aromatic rings. The third kappa shape index (κ3) is 3.94. The molecule has 150 valence electrons. The molecule has 1 aliphatic carbocycles. The van der Waals surface area contributed by atoms with Crippen LogP contribution in [0, 0.1) is 5.92 Å². The number of anilines is 1. The van der Waals surface area contributed by atoms with Crippen molar-refractivity contribution < 1.29 is 19.2 Å². The zero-order valence-corrected chi connectivity index (χ0v) is 16.1. The van der Waals surface area contributed by atoms with Gasteiger partial charge in [0.05, 0.1) is 12.3 Å². The van der Waals surface area contributed by atoms with E-state index in [2.05, 4.69) is 15.8 Å². The maximum atomic E-state index is 12.7. The number of carbonyl (C=O) groups excluding carboxylic acids is 2. The highest BCUT2D eigenvalue weighted by Gasteiger charge is 2.67. The molecule has 2 aromatic carbocycles. The normalized spacial score (nSPS) is 24.8. The molecule has 2 amide bonds. The predicted molar refractivity (Wildman–Crippen MR) is 109 cm³/mol. The van der Waals surface area contributed by atoms with Gasteiger partial charge in [0.1, 0.15) is 11.6 Å². The molecule has 7 heteroatoms. The number of carbonyl (C=O) groups is 2. The van der Waals surface area contributed by atoms with Crippen molar-refractivity contribution in [3.05, 3.63) is 66.2 Å². The van der Waals surface area contributed by atoms with E-state index in [9.17, 15) is 9.59 Å². The van der Waals surface area contributed by atoms with Crippen LogP contribution in [0.1, 0.15) is 25.3 Å². The van der Waals surface area contributed by atoms with Crippen LogP contribution < -0.4 is 10.6 Å². The molecule has 0 spiro atoms. The maximum Gasteiger partial charge on any atom is 0.332 e. The molecule has 1 heterocycles. The predicted octanol–water partition coefficient (Wildman–Crippen LogP) is 3.32. The lowest BCUT2D eigenvalue weighted by Crippen LogP contribution is -2.49. The number of nitrogens with zero attached hydrogens (tertiary/aromatic N) is 1. The molecule has 3 atom stereocenters. The standard InChI is InChI=1S/C22H23N3O4/c1-2-28-20(26)22(24-21(27)23-16-11-7-4-8-12-16)14-17(22)19-13-18(25-29-19)15-9-5-3-6-10-15/h3-12,17,19H,2,13-14H2,1H3,(H2,23,24,27)/t17-,19+,22+/m0/s1. The van der Waals surface area contributed by atoms with Crippen molar-refractivity contribution in [1.82, 2.24) is 5.32 Å². The summed E-state index contributed by atoms with van der Waals surface area (Å²) in [5.41, 5.74) is 1.38. The minimum absolute atomic E-state index is 0.201. The summed E-state index contributed by atoms with van der Waals surface area (Å²) in [6, 6.07) is 18.4. The number of hydrogen-bond donors (Lipinski definition) is 2. The van der Waals surface area contributed by atoms with E-state index in [1.165, 1.54) is 0 Å². The smallest absolute Gasteiger partial charge is 0.332 e. The highest BCUT2D eigenvalue weighted by Crippen LogP contribution is 2.50. The number of esters is 1. The Labute approximate surface area is 169 Å². The van der Waals surface area contributed by atoms with E-state index in [0.29, 0.717) is 18.5 Å². The topological polar surface area (TPSA) is 89.0 Å². The highest BCUT2D eigenvalue weighted by atomic mass is 16.6. The third-order valence-electron chi connectivity index (χ3n) is 5.27. The van der Waals surface area contributed by atoms with E-state index < -0.39 is 17.5 Å². The van der Waals surface area contributed by atoms with Crippen LogP contribution in [0.4, 0.5) is 10.5 Å². The minimum Gasteiger partial charge on any atom is -0.464 e. The Morgan fingerprint density at radius 2 is 1.83 bits per heavy atom. The SMILES string of the molecule is CCOC(=O)[C@@]1(NC(=O)Nc2ccccc2)C[C@H]1[C@H]1CC(c2ccccc2)=NO1. The molecule has 0 aromatic heterocycles. The van der Waals surface area contributed by atoms with Gasteiger partial charge in [-0.15, -0.1) is 0 Å². The van der Waals surface area contributed by atoms with Gasteiger partial charge in [0, 0.05) is 18.0 Å². The Hall–Kier alpha value is -3.35. The first-order chi connectivity index (χ1) is 14.1. The fourth-order valence-corrected chi connectivity index (χ4v) is 3.73. The molecule has 0 radical (unpaired) electrons. The molecule has 1 saturated carbocycles. The van der Waals surface area contributed by atoms with E-state index in [-0.39, 0.29) is 18.6 Å². The summed E-state index contributed by atoms with van der Waals surface area (Å²) in [7, 11) is 0. The lowest BCUT2D eigenvalue weighted by Gasteiger charge is -2.20. The van der Waals surface area contributed by atoms with Crippen LogP contribution in [-0.2, 0) is 14.4 Å². The molecule has 0 unspecified atom stereocenters. The van der Waals surface area contributed by atoms with Crippen molar-refractivity contribution in [2.75, 3.05) is 11.9 Å². The number of urea groups is 1. The second-order valence-corrected chi connectivity index (χ2v) is 7.20. The van der Waals surface area contributed by atoms with Crippen molar-refractivity contribution >= 4 is 23.4 Å². The zero-order valence-electron chi connectivity index (χ0n) is 16.1. The fourth-order valence-electron chi connectivity index (χ4n) is 3.73. The second kappa shape index (κ2) is 7.95. The number of oxime groups is 1. The average Bonchev–Trinajstić information content (AvgIpc) is 3.25. The van der Waals surface area contributed by atoms with E-state index in [4.69, 9.17) is 9.57 Å². The van der Waals surface area contributed by atoms with Gasteiger partial charge in [-0.1, -0.05) is 53.7 Å². The van der Waals surface area contributed by atoms with E-state index in [1.54, 1.807) is 19.1 Å². The van der Waals surface area contributed by atoms with Crippen LogP contribution >= 0.6 is 0 Å². The number of benzene rings is 2.